The Kier molecular flexibility index (Phi) is 10.5. The number of carbonyl (C=O) groups is 1. The molecule has 0 aromatic heterocycles. The molecule has 0 radical (unpaired) electrons. The van der Waals surface area contributed by atoms with E-state index in [1.165, 1.54) is 57.8 Å². The lowest BCUT2D eigenvalue weighted by atomic mass is 9.98. The average Bonchev–Trinajstić information content (AvgIpc) is 2.68. The van der Waals surface area contributed by atoms with E-state index in [0.29, 0.717) is 11.5 Å². The highest BCUT2D eigenvalue weighted by molar-refractivity contribution is 9.10. The van der Waals surface area contributed by atoms with Gasteiger partial charge >= 0.3 is 0 Å². The van der Waals surface area contributed by atoms with Crippen LogP contribution in [0.2, 0.25) is 0 Å². The third kappa shape index (κ3) is 7.86. The second kappa shape index (κ2) is 12.9. The van der Waals surface area contributed by atoms with E-state index < -0.39 is 0 Å². The maximum absolute atomic E-state index is 12.5. The Hall–Kier alpha value is -1.49. The fourth-order valence-corrected chi connectivity index (χ4v) is 4.38. The van der Waals surface area contributed by atoms with Crippen molar-refractivity contribution in [2.75, 3.05) is 14.2 Å². The van der Waals surface area contributed by atoms with Crippen molar-refractivity contribution in [3.63, 3.8) is 0 Å². The van der Waals surface area contributed by atoms with Crippen molar-refractivity contribution in [1.82, 2.24) is 5.32 Å². The molecule has 1 aromatic carbocycles. The van der Waals surface area contributed by atoms with Crippen molar-refractivity contribution in [3.8, 4) is 11.5 Å². The fourth-order valence-electron chi connectivity index (χ4n) is 3.76. The molecule has 4 nitrogen and oxygen atoms in total. The second-order valence-corrected chi connectivity index (χ2v) is 8.39. The third-order valence-corrected chi connectivity index (χ3v) is 5.92. The van der Waals surface area contributed by atoms with Crippen LogP contribution in [-0.2, 0) is 4.79 Å². The molecule has 1 aromatic rings. The average molecular weight is 452 g/mol. The van der Waals surface area contributed by atoms with E-state index in [1.807, 2.05) is 18.2 Å². The summed E-state index contributed by atoms with van der Waals surface area (Å²) in [6, 6.07) is 4.07. The van der Waals surface area contributed by atoms with Gasteiger partial charge in [0.2, 0.25) is 5.91 Å². The SMILES string of the molecule is COc1cc(/C=C/C(=O)NC2CCCCCCCCCCC2)cc(Br)c1OC. The number of benzene rings is 1. The standard InChI is InChI=1S/C23H34BrNO3/c1-27-21-17-18(16-20(24)23(21)28-2)14-15-22(26)25-19-12-10-8-6-4-3-5-7-9-11-13-19/h14-17,19H,3-13H2,1-2H3,(H,25,26)/b15-14+. The molecule has 28 heavy (non-hydrogen) atoms. The van der Waals surface area contributed by atoms with Crippen LogP contribution in [0.15, 0.2) is 22.7 Å². The zero-order valence-corrected chi connectivity index (χ0v) is 18.9. The summed E-state index contributed by atoms with van der Waals surface area (Å²) in [6.45, 7) is 0. The summed E-state index contributed by atoms with van der Waals surface area (Å²) in [5, 5.41) is 3.21. The zero-order chi connectivity index (χ0) is 20.2. The van der Waals surface area contributed by atoms with E-state index in [0.717, 1.165) is 22.9 Å². The Morgan fingerprint density at radius 2 is 1.54 bits per heavy atom. The van der Waals surface area contributed by atoms with Crippen LogP contribution in [-0.4, -0.2) is 26.2 Å². The minimum Gasteiger partial charge on any atom is -0.493 e. The van der Waals surface area contributed by atoms with Crippen LogP contribution in [0.4, 0.5) is 0 Å². The first-order valence-electron chi connectivity index (χ1n) is 10.5. The molecule has 1 aliphatic carbocycles. The molecule has 5 heteroatoms. The first-order valence-corrected chi connectivity index (χ1v) is 11.3. The molecule has 1 aliphatic rings. The number of nitrogens with one attached hydrogen (secondary N) is 1. The van der Waals surface area contributed by atoms with Crippen molar-refractivity contribution in [3.05, 3.63) is 28.2 Å². The van der Waals surface area contributed by atoms with Crippen LogP contribution in [0, 0.1) is 0 Å². The summed E-state index contributed by atoms with van der Waals surface area (Å²) in [6.07, 6.45) is 17.3. The largest absolute Gasteiger partial charge is 0.493 e. The number of amides is 1. The van der Waals surface area contributed by atoms with Crippen LogP contribution in [0.25, 0.3) is 6.08 Å². The van der Waals surface area contributed by atoms with Crippen molar-refractivity contribution in [2.45, 2.75) is 76.7 Å². The van der Waals surface area contributed by atoms with Gasteiger partial charge < -0.3 is 14.8 Å². The van der Waals surface area contributed by atoms with E-state index in [-0.39, 0.29) is 11.9 Å². The molecular formula is C23H34BrNO3. The van der Waals surface area contributed by atoms with Gasteiger partial charge in [0.1, 0.15) is 0 Å². The van der Waals surface area contributed by atoms with Crippen molar-refractivity contribution >= 4 is 27.9 Å². The Balaban J connectivity index is 1.94. The van der Waals surface area contributed by atoms with Gasteiger partial charge in [-0.05, 0) is 52.5 Å². The van der Waals surface area contributed by atoms with Crippen LogP contribution in [0.3, 0.4) is 0 Å². The monoisotopic (exact) mass is 451 g/mol. The summed E-state index contributed by atoms with van der Waals surface area (Å²) in [5.74, 6) is 1.26. The first kappa shape index (κ1) is 22.8. The van der Waals surface area contributed by atoms with Crippen LogP contribution >= 0.6 is 15.9 Å². The molecule has 156 valence electrons. The normalized spacial score (nSPS) is 17.5. The molecule has 1 fully saturated rings. The highest BCUT2D eigenvalue weighted by atomic mass is 79.9. The Bertz CT molecular complexity index is 633. The Morgan fingerprint density at radius 1 is 0.964 bits per heavy atom. The zero-order valence-electron chi connectivity index (χ0n) is 17.3. The van der Waals surface area contributed by atoms with Crippen LogP contribution in [0.1, 0.15) is 76.2 Å². The number of ether oxygens (including phenoxy) is 2. The number of hydrogen-bond acceptors (Lipinski definition) is 3. The molecule has 0 saturated heterocycles. The summed E-state index contributed by atoms with van der Waals surface area (Å²) in [4.78, 5) is 12.5. The molecule has 0 spiro atoms. The van der Waals surface area contributed by atoms with Crippen LogP contribution < -0.4 is 14.8 Å². The van der Waals surface area contributed by atoms with E-state index in [1.54, 1.807) is 20.3 Å². The molecule has 1 N–H and O–H groups in total. The van der Waals surface area contributed by atoms with Crippen molar-refractivity contribution in [1.29, 1.82) is 0 Å². The lowest BCUT2D eigenvalue weighted by Crippen LogP contribution is -2.33. The van der Waals surface area contributed by atoms with Gasteiger partial charge in [0, 0.05) is 12.1 Å². The lowest BCUT2D eigenvalue weighted by molar-refractivity contribution is -0.117. The predicted molar refractivity (Wildman–Crippen MR) is 119 cm³/mol. The van der Waals surface area contributed by atoms with Gasteiger partial charge in [0.05, 0.1) is 18.7 Å². The lowest BCUT2D eigenvalue weighted by Gasteiger charge is -2.18. The molecule has 0 bridgehead atoms. The summed E-state index contributed by atoms with van der Waals surface area (Å²) in [5.41, 5.74) is 0.887. The summed E-state index contributed by atoms with van der Waals surface area (Å²) in [7, 11) is 3.21. The van der Waals surface area contributed by atoms with Gasteiger partial charge in [-0.15, -0.1) is 0 Å². The fraction of sp³-hybridized carbons (Fsp3) is 0.609. The Labute approximate surface area is 178 Å². The minimum absolute atomic E-state index is 0.0250. The number of methoxy groups -OCH3 is 2. The van der Waals surface area contributed by atoms with E-state index in [9.17, 15) is 4.79 Å². The molecule has 1 amide bonds. The van der Waals surface area contributed by atoms with Crippen molar-refractivity contribution in [2.24, 2.45) is 0 Å². The van der Waals surface area contributed by atoms with E-state index >= 15 is 0 Å². The number of carbonyl (C=O) groups excluding carboxylic acids is 1. The van der Waals surface area contributed by atoms with Gasteiger partial charge in [0.25, 0.3) is 0 Å². The second-order valence-electron chi connectivity index (χ2n) is 7.54. The highest BCUT2D eigenvalue weighted by Crippen LogP contribution is 2.36. The molecule has 0 atom stereocenters. The predicted octanol–water partition coefficient (Wildman–Crippen LogP) is 6.27. The maximum atomic E-state index is 12.5. The topological polar surface area (TPSA) is 47.6 Å². The summed E-state index contributed by atoms with van der Waals surface area (Å²) >= 11 is 3.49. The summed E-state index contributed by atoms with van der Waals surface area (Å²) < 4.78 is 11.5. The third-order valence-electron chi connectivity index (χ3n) is 5.33. The van der Waals surface area contributed by atoms with Gasteiger partial charge in [0.15, 0.2) is 11.5 Å². The van der Waals surface area contributed by atoms with Gasteiger partial charge in [-0.3, -0.25) is 4.79 Å². The minimum atomic E-state index is -0.0250. The van der Waals surface area contributed by atoms with Gasteiger partial charge in [-0.1, -0.05) is 57.8 Å². The number of halogens is 1. The smallest absolute Gasteiger partial charge is 0.244 e. The van der Waals surface area contributed by atoms with E-state index in [4.69, 9.17) is 9.47 Å². The maximum Gasteiger partial charge on any atom is 0.244 e. The Morgan fingerprint density at radius 3 is 2.07 bits per heavy atom. The van der Waals surface area contributed by atoms with Crippen molar-refractivity contribution < 1.29 is 14.3 Å². The molecular weight excluding hydrogens is 418 g/mol. The van der Waals surface area contributed by atoms with E-state index in [2.05, 4.69) is 21.2 Å². The van der Waals surface area contributed by atoms with Gasteiger partial charge in [-0.25, -0.2) is 0 Å². The molecule has 0 aliphatic heterocycles. The molecule has 0 unspecified atom stereocenters. The number of hydrogen-bond donors (Lipinski definition) is 1. The van der Waals surface area contributed by atoms with Gasteiger partial charge in [-0.2, -0.15) is 0 Å². The quantitative estimate of drug-likeness (QED) is 0.536. The highest BCUT2D eigenvalue weighted by Gasteiger charge is 2.12. The van der Waals surface area contributed by atoms with Crippen LogP contribution in [0.5, 0.6) is 11.5 Å². The number of rotatable bonds is 5. The molecule has 2 rings (SSSR count). The first-order chi connectivity index (χ1) is 13.6. The molecule has 1 saturated carbocycles. The molecule has 0 heterocycles.